The van der Waals surface area contributed by atoms with Crippen LogP contribution in [0.5, 0.6) is 5.88 Å². The molecule has 3 N–H and O–H groups in total. The first kappa shape index (κ1) is 13.6. The highest BCUT2D eigenvalue weighted by molar-refractivity contribution is 5.54. The Bertz CT molecular complexity index is 362. The molecule has 0 fully saturated rings. The van der Waals surface area contributed by atoms with E-state index in [-0.39, 0.29) is 5.54 Å². The van der Waals surface area contributed by atoms with Crippen molar-refractivity contribution >= 4 is 11.5 Å². The third-order valence-corrected chi connectivity index (χ3v) is 3.16. The standard InChI is InChI=1S/C13H23N3O/c1-5-13(4,6-2)16-11-9-8-10(14)12(15-11)17-7-3/h8-9H,5-7,14H2,1-4H3,(H,15,16). The van der Waals surface area contributed by atoms with Crippen molar-refractivity contribution in [1.29, 1.82) is 0 Å². The van der Waals surface area contributed by atoms with Crippen LogP contribution in [0, 0.1) is 0 Å². The Balaban J connectivity index is 2.88. The van der Waals surface area contributed by atoms with Gasteiger partial charge in [-0.15, -0.1) is 0 Å². The molecule has 96 valence electrons. The third-order valence-electron chi connectivity index (χ3n) is 3.16. The molecule has 17 heavy (non-hydrogen) atoms. The number of anilines is 2. The predicted molar refractivity (Wildman–Crippen MR) is 72.4 cm³/mol. The lowest BCUT2D eigenvalue weighted by Gasteiger charge is -2.29. The van der Waals surface area contributed by atoms with Gasteiger partial charge < -0.3 is 15.8 Å². The molecular weight excluding hydrogens is 214 g/mol. The molecule has 0 aliphatic heterocycles. The molecule has 0 aromatic carbocycles. The van der Waals surface area contributed by atoms with E-state index in [2.05, 4.69) is 31.1 Å². The fourth-order valence-corrected chi connectivity index (χ4v) is 1.51. The highest BCUT2D eigenvalue weighted by Gasteiger charge is 2.19. The van der Waals surface area contributed by atoms with Crippen molar-refractivity contribution in [1.82, 2.24) is 4.98 Å². The number of nitrogen functional groups attached to an aromatic ring is 1. The van der Waals surface area contributed by atoms with Gasteiger partial charge in [-0.25, -0.2) is 0 Å². The van der Waals surface area contributed by atoms with Crippen molar-refractivity contribution < 1.29 is 4.74 Å². The van der Waals surface area contributed by atoms with E-state index < -0.39 is 0 Å². The Morgan fingerprint density at radius 2 is 1.94 bits per heavy atom. The molecule has 1 aromatic rings. The number of pyridine rings is 1. The van der Waals surface area contributed by atoms with Crippen LogP contribution in [-0.2, 0) is 0 Å². The minimum Gasteiger partial charge on any atom is -0.476 e. The summed E-state index contributed by atoms with van der Waals surface area (Å²) in [5, 5.41) is 3.43. The van der Waals surface area contributed by atoms with Crippen LogP contribution in [-0.4, -0.2) is 17.1 Å². The van der Waals surface area contributed by atoms with Crippen LogP contribution in [0.1, 0.15) is 40.5 Å². The SMILES string of the molecule is CCOc1nc(NC(C)(CC)CC)ccc1N. The molecular formula is C13H23N3O. The fourth-order valence-electron chi connectivity index (χ4n) is 1.51. The molecule has 0 amide bonds. The van der Waals surface area contributed by atoms with Crippen LogP contribution in [0.25, 0.3) is 0 Å². The molecule has 0 atom stereocenters. The van der Waals surface area contributed by atoms with Gasteiger partial charge in [-0.05, 0) is 38.8 Å². The highest BCUT2D eigenvalue weighted by Crippen LogP contribution is 2.25. The zero-order valence-corrected chi connectivity index (χ0v) is 11.2. The molecule has 1 heterocycles. The number of aromatic nitrogens is 1. The number of nitrogens with zero attached hydrogens (tertiary/aromatic N) is 1. The number of nitrogens with one attached hydrogen (secondary N) is 1. The van der Waals surface area contributed by atoms with Crippen molar-refractivity contribution in [2.75, 3.05) is 17.7 Å². The van der Waals surface area contributed by atoms with E-state index in [1.807, 2.05) is 19.1 Å². The van der Waals surface area contributed by atoms with Gasteiger partial charge in [-0.3, -0.25) is 0 Å². The summed E-state index contributed by atoms with van der Waals surface area (Å²) in [6.45, 7) is 9.00. The van der Waals surface area contributed by atoms with Crippen LogP contribution in [0.3, 0.4) is 0 Å². The summed E-state index contributed by atoms with van der Waals surface area (Å²) in [4.78, 5) is 4.38. The van der Waals surface area contributed by atoms with Gasteiger partial charge in [0, 0.05) is 5.54 Å². The summed E-state index contributed by atoms with van der Waals surface area (Å²) >= 11 is 0. The smallest absolute Gasteiger partial charge is 0.239 e. The average molecular weight is 237 g/mol. The van der Waals surface area contributed by atoms with Crippen LogP contribution >= 0.6 is 0 Å². The lowest BCUT2D eigenvalue weighted by atomic mass is 9.96. The molecule has 0 bridgehead atoms. The maximum atomic E-state index is 5.79. The monoisotopic (exact) mass is 237 g/mol. The van der Waals surface area contributed by atoms with E-state index in [0.29, 0.717) is 18.2 Å². The lowest BCUT2D eigenvalue weighted by molar-refractivity contribution is 0.329. The topological polar surface area (TPSA) is 60.2 Å². The van der Waals surface area contributed by atoms with E-state index in [4.69, 9.17) is 10.5 Å². The lowest BCUT2D eigenvalue weighted by Crippen LogP contribution is -2.33. The molecule has 0 spiro atoms. The summed E-state index contributed by atoms with van der Waals surface area (Å²) in [7, 11) is 0. The number of nitrogens with two attached hydrogens (primary N) is 1. The van der Waals surface area contributed by atoms with E-state index >= 15 is 0 Å². The maximum absolute atomic E-state index is 5.79. The Morgan fingerprint density at radius 1 is 1.29 bits per heavy atom. The van der Waals surface area contributed by atoms with Gasteiger partial charge in [0.15, 0.2) is 0 Å². The van der Waals surface area contributed by atoms with E-state index in [1.165, 1.54) is 0 Å². The van der Waals surface area contributed by atoms with Crippen molar-refractivity contribution in [3.05, 3.63) is 12.1 Å². The Kier molecular flexibility index (Phi) is 4.61. The zero-order chi connectivity index (χ0) is 12.9. The summed E-state index contributed by atoms with van der Waals surface area (Å²) in [5.74, 6) is 1.32. The van der Waals surface area contributed by atoms with Gasteiger partial charge in [0.1, 0.15) is 5.82 Å². The molecule has 1 rings (SSSR count). The molecule has 4 heteroatoms. The summed E-state index contributed by atoms with van der Waals surface area (Å²) in [6.07, 6.45) is 2.08. The predicted octanol–water partition coefficient (Wildman–Crippen LogP) is 3.05. The second-order valence-corrected chi connectivity index (χ2v) is 4.42. The molecule has 4 nitrogen and oxygen atoms in total. The van der Waals surface area contributed by atoms with Gasteiger partial charge in [0.25, 0.3) is 0 Å². The van der Waals surface area contributed by atoms with Crippen LogP contribution < -0.4 is 15.8 Å². The maximum Gasteiger partial charge on any atom is 0.239 e. The molecule has 0 unspecified atom stereocenters. The van der Waals surface area contributed by atoms with Gasteiger partial charge in [0.05, 0.1) is 12.3 Å². The zero-order valence-electron chi connectivity index (χ0n) is 11.2. The normalized spacial score (nSPS) is 11.3. The first-order valence-corrected chi connectivity index (χ1v) is 6.22. The largest absolute Gasteiger partial charge is 0.476 e. The van der Waals surface area contributed by atoms with E-state index in [0.717, 1.165) is 18.7 Å². The fraction of sp³-hybridized carbons (Fsp3) is 0.615. The number of rotatable bonds is 6. The summed E-state index contributed by atoms with van der Waals surface area (Å²) in [5.41, 5.74) is 6.43. The molecule has 0 saturated heterocycles. The number of ether oxygens (including phenoxy) is 1. The summed E-state index contributed by atoms with van der Waals surface area (Å²) in [6, 6.07) is 3.72. The van der Waals surface area contributed by atoms with Gasteiger partial charge in [-0.2, -0.15) is 4.98 Å². The average Bonchev–Trinajstić information content (AvgIpc) is 2.33. The minimum absolute atomic E-state index is 0.0621. The van der Waals surface area contributed by atoms with Gasteiger partial charge >= 0.3 is 0 Å². The second kappa shape index (κ2) is 5.75. The summed E-state index contributed by atoms with van der Waals surface area (Å²) < 4.78 is 5.38. The van der Waals surface area contributed by atoms with Gasteiger partial charge in [-0.1, -0.05) is 13.8 Å². The van der Waals surface area contributed by atoms with Gasteiger partial charge in [0.2, 0.25) is 5.88 Å². The number of hydrogen-bond acceptors (Lipinski definition) is 4. The molecule has 0 aliphatic rings. The molecule has 0 radical (unpaired) electrons. The van der Waals surface area contributed by atoms with Crippen LogP contribution in [0.4, 0.5) is 11.5 Å². The quantitative estimate of drug-likeness (QED) is 0.798. The van der Waals surface area contributed by atoms with Crippen molar-refractivity contribution in [3.8, 4) is 5.88 Å². The highest BCUT2D eigenvalue weighted by atomic mass is 16.5. The molecule has 1 aromatic heterocycles. The van der Waals surface area contributed by atoms with E-state index in [9.17, 15) is 0 Å². The molecule has 0 aliphatic carbocycles. The first-order valence-electron chi connectivity index (χ1n) is 6.22. The second-order valence-electron chi connectivity index (χ2n) is 4.42. The Hall–Kier alpha value is -1.45. The van der Waals surface area contributed by atoms with E-state index in [1.54, 1.807) is 0 Å². The third kappa shape index (κ3) is 3.51. The number of hydrogen-bond donors (Lipinski definition) is 2. The van der Waals surface area contributed by atoms with Crippen molar-refractivity contribution in [2.45, 2.75) is 46.1 Å². The van der Waals surface area contributed by atoms with Crippen LogP contribution in [0.15, 0.2) is 12.1 Å². The van der Waals surface area contributed by atoms with Crippen molar-refractivity contribution in [2.24, 2.45) is 0 Å². The Labute approximate surface area is 104 Å². The van der Waals surface area contributed by atoms with Crippen LogP contribution in [0.2, 0.25) is 0 Å². The first-order chi connectivity index (χ1) is 8.04. The van der Waals surface area contributed by atoms with Crippen molar-refractivity contribution in [3.63, 3.8) is 0 Å². The Morgan fingerprint density at radius 3 is 2.47 bits per heavy atom. The molecule has 0 saturated carbocycles. The minimum atomic E-state index is 0.0621.